The van der Waals surface area contributed by atoms with Crippen LogP contribution in [0.3, 0.4) is 0 Å². The summed E-state index contributed by atoms with van der Waals surface area (Å²) in [5, 5.41) is 24.3. The summed E-state index contributed by atoms with van der Waals surface area (Å²) in [5.41, 5.74) is 22.3. The van der Waals surface area contributed by atoms with Crippen LogP contribution in [0.5, 0.6) is 0 Å². The molecule has 330 valence electrons. The Bertz CT molecular complexity index is 1390. The van der Waals surface area contributed by atoms with E-state index in [4.69, 9.17) is 28.3 Å². The molecule has 0 bridgehead atoms. The van der Waals surface area contributed by atoms with Gasteiger partial charge in [0, 0.05) is 38.6 Å². The average molecular weight is 821 g/mol. The van der Waals surface area contributed by atoms with Crippen molar-refractivity contribution in [1.29, 1.82) is 5.41 Å². The number of hydrogen-bond donors (Lipinski definition) is 11. The Morgan fingerprint density at radius 2 is 1.41 bits per heavy atom. The molecule has 0 aromatic carbocycles. The minimum Gasteiger partial charge on any atom is -0.370 e. The van der Waals surface area contributed by atoms with Gasteiger partial charge in [-0.1, -0.05) is 59.8 Å². The summed E-state index contributed by atoms with van der Waals surface area (Å²) < 4.78 is 0. The highest BCUT2D eigenvalue weighted by Gasteiger charge is 2.38. The molecule has 2 fully saturated rings. The molecule has 1 heterocycles. The van der Waals surface area contributed by atoms with Crippen molar-refractivity contribution in [2.75, 3.05) is 26.2 Å². The van der Waals surface area contributed by atoms with Crippen molar-refractivity contribution < 1.29 is 33.6 Å². The number of carbonyl (C=O) groups is 7. The lowest BCUT2D eigenvalue weighted by Gasteiger charge is -2.29. The third-order valence-corrected chi connectivity index (χ3v) is 10.6. The minimum atomic E-state index is -1.40. The number of carbonyl (C=O) groups excluding carboxylic acids is 7. The molecule has 1 aliphatic carbocycles. The average Bonchev–Trinajstić information content (AvgIpc) is 3.64. The van der Waals surface area contributed by atoms with Crippen LogP contribution in [0, 0.1) is 23.2 Å². The first-order valence-electron chi connectivity index (χ1n) is 21.0. The number of likely N-dealkylation sites (tertiary alicyclic amines) is 1. The lowest BCUT2D eigenvalue weighted by molar-refractivity contribution is -0.140. The van der Waals surface area contributed by atoms with Gasteiger partial charge >= 0.3 is 0 Å². The van der Waals surface area contributed by atoms with Gasteiger partial charge in [0.15, 0.2) is 5.96 Å². The standard InChI is InChI=1S/C39H72N12O7/c1-23(2)18-26(47-36(56)30(19-24(3)4)48-33(53)15-14-25-10-6-5-7-11-25)21-45-22-27(40)38(58)51-17-9-13-31(51)37(57)49-28(12-8-16-46-39(43)44)35(55)50-29(34(42)54)20-32(41)52/h23-31,45H,5-22,40H2,1-4H3,(H2,41,52)(H2,42,54)(H,47,56)(H,48,53)(H,49,57)(H,50,55)(H4,43,44,46)/t26-,27-,28-,29-,30-,31-/m0/s1. The molecule has 2 aliphatic rings. The van der Waals surface area contributed by atoms with E-state index < -0.39 is 66.2 Å². The topological polar surface area (TPSA) is 323 Å². The molecule has 0 aromatic heterocycles. The number of nitrogens with one attached hydrogen (secondary N) is 7. The monoisotopic (exact) mass is 821 g/mol. The third-order valence-electron chi connectivity index (χ3n) is 10.6. The van der Waals surface area contributed by atoms with E-state index >= 15 is 0 Å². The molecule has 0 unspecified atom stereocenters. The second-order valence-electron chi connectivity index (χ2n) is 16.8. The van der Waals surface area contributed by atoms with Gasteiger partial charge in [-0.15, -0.1) is 0 Å². The highest BCUT2D eigenvalue weighted by molar-refractivity contribution is 5.96. The first-order valence-corrected chi connectivity index (χ1v) is 21.0. The second kappa shape index (κ2) is 25.8. The largest absolute Gasteiger partial charge is 0.370 e. The molecule has 6 atom stereocenters. The maximum atomic E-state index is 13.6. The number of amides is 7. The van der Waals surface area contributed by atoms with Gasteiger partial charge in [-0.25, -0.2) is 0 Å². The quantitative estimate of drug-likeness (QED) is 0.0283. The maximum absolute atomic E-state index is 13.6. The van der Waals surface area contributed by atoms with Crippen LogP contribution in [-0.4, -0.2) is 115 Å². The summed E-state index contributed by atoms with van der Waals surface area (Å²) in [4.78, 5) is 91.7. The smallest absolute Gasteiger partial charge is 0.243 e. The van der Waals surface area contributed by atoms with Crippen LogP contribution < -0.4 is 54.8 Å². The Balaban J connectivity index is 2.02. The van der Waals surface area contributed by atoms with E-state index in [-0.39, 0.29) is 68.1 Å². The molecular weight excluding hydrogens is 749 g/mol. The summed E-state index contributed by atoms with van der Waals surface area (Å²) in [6.45, 7) is 8.95. The molecular formula is C39H72N12O7. The Morgan fingerprint density at radius 1 is 0.759 bits per heavy atom. The van der Waals surface area contributed by atoms with Gasteiger partial charge in [-0.05, 0) is 62.7 Å². The molecule has 0 aromatic rings. The molecule has 19 nitrogen and oxygen atoms in total. The number of rotatable bonds is 26. The molecule has 1 saturated heterocycles. The predicted octanol–water partition coefficient (Wildman–Crippen LogP) is -1.09. The highest BCUT2D eigenvalue weighted by Crippen LogP contribution is 2.27. The lowest BCUT2D eigenvalue weighted by atomic mass is 9.86. The minimum absolute atomic E-state index is 0.0586. The van der Waals surface area contributed by atoms with Crippen molar-refractivity contribution in [3.8, 4) is 0 Å². The molecule has 1 saturated carbocycles. The summed E-state index contributed by atoms with van der Waals surface area (Å²) in [6.07, 6.45) is 9.01. The summed E-state index contributed by atoms with van der Waals surface area (Å²) in [6, 6.07) is -5.51. The molecule has 7 amide bonds. The first kappa shape index (κ1) is 49.6. The predicted molar refractivity (Wildman–Crippen MR) is 220 cm³/mol. The van der Waals surface area contributed by atoms with Gasteiger partial charge < -0.3 is 59.7 Å². The number of nitrogens with two attached hydrogens (primary N) is 4. The summed E-state index contributed by atoms with van der Waals surface area (Å²) >= 11 is 0. The zero-order valence-electron chi connectivity index (χ0n) is 35.0. The zero-order valence-corrected chi connectivity index (χ0v) is 35.0. The summed E-state index contributed by atoms with van der Waals surface area (Å²) in [5.74, 6) is -3.36. The van der Waals surface area contributed by atoms with E-state index in [1.165, 1.54) is 24.2 Å². The normalized spacial score (nSPS) is 18.4. The van der Waals surface area contributed by atoms with Gasteiger partial charge in [-0.3, -0.25) is 39.0 Å². The number of hydrogen-bond acceptors (Lipinski definition) is 10. The third kappa shape index (κ3) is 18.8. The maximum Gasteiger partial charge on any atom is 0.243 e. The molecule has 0 spiro atoms. The Labute approximate surface area is 343 Å². The van der Waals surface area contributed by atoms with Crippen LogP contribution in [0.25, 0.3) is 0 Å². The zero-order chi connectivity index (χ0) is 43.4. The SMILES string of the molecule is CC(C)C[C@@H](CNC[C@H](N)C(=O)N1CCC[C@H]1C(=O)N[C@@H](CCCNC(=N)N)C(=O)N[C@@H](CC(N)=O)C(N)=O)NC(=O)[C@H](CC(C)C)NC(=O)CCC1CCCCC1. The van der Waals surface area contributed by atoms with Crippen LogP contribution in [0.2, 0.25) is 0 Å². The van der Waals surface area contributed by atoms with Crippen LogP contribution >= 0.6 is 0 Å². The van der Waals surface area contributed by atoms with Crippen LogP contribution in [0.15, 0.2) is 0 Å². The first-order chi connectivity index (χ1) is 27.4. The van der Waals surface area contributed by atoms with E-state index in [1.54, 1.807) is 0 Å². The second-order valence-corrected chi connectivity index (χ2v) is 16.8. The van der Waals surface area contributed by atoms with Gasteiger partial charge in [0.2, 0.25) is 41.4 Å². The molecule has 2 rings (SSSR count). The van der Waals surface area contributed by atoms with Gasteiger partial charge in [-0.2, -0.15) is 0 Å². The van der Waals surface area contributed by atoms with E-state index in [9.17, 15) is 33.6 Å². The number of nitrogens with zero attached hydrogens (tertiary/aromatic N) is 1. The van der Waals surface area contributed by atoms with Gasteiger partial charge in [0.05, 0.1) is 12.5 Å². The Morgan fingerprint density at radius 3 is 2.02 bits per heavy atom. The molecule has 1 aliphatic heterocycles. The fourth-order valence-electron chi connectivity index (χ4n) is 7.62. The number of guanidine groups is 1. The molecule has 58 heavy (non-hydrogen) atoms. The van der Waals surface area contributed by atoms with Gasteiger partial charge in [0.25, 0.3) is 0 Å². The van der Waals surface area contributed by atoms with Crippen LogP contribution in [-0.2, 0) is 33.6 Å². The highest BCUT2D eigenvalue weighted by atomic mass is 16.2. The van der Waals surface area contributed by atoms with E-state index in [0.717, 1.165) is 19.3 Å². The lowest BCUT2D eigenvalue weighted by Crippen LogP contribution is -2.58. The van der Waals surface area contributed by atoms with E-state index in [2.05, 4.69) is 31.9 Å². The van der Waals surface area contributed by atoms with Crippen molar-refractivity contribution >= 4 is 47.3 Å². The summed E-state index contributed by atoms with van der Waals surface area (Å²) in [7, 11) is 0. The van der Waals surface area contributed by atoms with Crippen molar-refractivity contribution in [2.24, 2.45) is 40.7 Å². The van der Waals surface area contributed by atoms with Crippen LogP contribution in [0.1, 0.15) is 118 Å². The number of primary amides is 2. The van der Waals surface area contributed by atoms with E-state index in [0.29, 0.717) is 44.6 Å². The van der Waals surface area contributed by atoms with Crippen molar-refractivity contribution in [2.45, 2.75) is 154 Å². The van der Waals surface area contributed by atoms with Crippen molar-refractivity contribution in [3.63, 3.8) is 0 Å². The molecule has 19 heteroatoms. The van der Waals surface area contributed by atoms with Crippen molar-refractivity contribution in [1.82, 2.24) is 36.8 Å². The van der Waals surface area contributed by atoms with E-state index in [1.807, 2.05) is 27.7 Å². The Kier molecular flexibility index (Phi) is 22.0. The Hall–Kier alpha value is -4.52. The molecule has 0 radical (unpaired) electrons. The molecule has 15 N–H and O–H groups in total. The van der Waals surface area contributed by atoms with Crippen molar-refractivity contribution in [3.05, 3.63) is 0 Å². The fraction of sp³-hybridized carbons (Fsp3) is 0.795. The van der Waals surface area contributed by atoms with Crippen LogP contribution in [0.4, 0.5) is 0 Å². The fourth-order valence-corrected chi connectivity index (χ4v) is 7.62. The van der Waals surface area contributed by atoms with Gasteiger partial charge in [0.1, 0.15) is 24.2 Å².